The van der Waals surface area contributed by atoms with E-state index in [9.17, 15) is 41.0 Å². The first kappa shape index (κ1) is 37.0. The molecule has 3 rings (SSSR count). The average Bonchev–Trinajstić information content (AvgIpc) is 3.39. The molecule has 2 N–H and O–H groups in total. The molecule has 2 heterocycles. The van der Waals surface area contributed by atoms with E-state index in [1.54, 1.807) is 0 Å². The fourth-order valence-corrected chi connectivity index (χ4v) is 4.94. The van der Waals surface area contributed by atoms with E-state index in [4.69, 9.17) is 5.73 Å². The van der Waals surface area contributed by atoms with Gasteiger partial charge in [-0.2, -0.15) is 13.2 Å². The second-order valence-electron chi connectivity index (χ2n) is 11.1. The van der Waals surface area contributed by atoms with Crippen molar-refractivity contribution in [3.8, 4) is 0 Å². The molecule has 0 bridgehead atoms. The van der Waals surface area contributed by atoms with Crippen LogP contribution in [0.1, 0.15) is 108 Å². The summed E-state index contributed by atoms with van der Waals surface area (Å²) >= 11 is 0. The number of carbonyl (C=O) groups excluding carboxylic acids is 2. The number of hydrogen-bond acceptors (Lipinski definition) is 6. The third-order valence-electron chi connectivity index (χ3n) is 7.35. The Morgan fingerprint density at radius 3 is 2.02 bits per heavy atom. The first-order valence-electron chi connectivity index (χ1n) is 15.2. The predicted molar refractivity (Wildman–Crippen MR) is 149 cm³/mol. The standard InChI is InChI=1S/C16H15F6N5O.C14H28O2/c17-10-6-12(19)11(18)4-8(10)3-9(23)5-14(28)26-1-2-27-13(7-26)24-25-15(27)16(20,21)22;1-2-3-4-5-6-7-8-9-10-11-12-13-14(15)16/h4,6,9H,1-3,5,7,23H2;2-13H2,1H3,(H,15,16)/p-1/t9-;/m1./s1. The summed E-state index contributed by atoms with van der Waals surface area (Å²) in [6, 6.07) is 0.184. The number of carbonyl (C=O) groups is 2. The number of carboxylic acids is 1. The highest BCUT2D eigenvalue weighted by molar-refractivity contribution is 5.77. The topological polar surface area (TPSA) is 117 Å². The Balaban J connectivity index is 0.000000362. The normalized spacial score (nSPS) is 13.7. The van der Waals surface area contributed by atoms with Crippen LogP contribution in [0, 0.1) is 17.5 Å². The summed E-state index contributed by atoms with van der Waals surface area (Å²) in [5, 5.41) is 16.7. The van der Waals surface area contributed by atoms with Gasteiger partial charge in [0.1, 0.15) is 5.82 Å². The van der Waals surface area contributed by atoms with E-state index < -0.39 is 47.4 Å². The lowest BCUT2D eigenvalue weighted by molar-refractivity contribution is -0.305. The lowest BCUT2D eigenvalue weighted by atomic mass is 10.0. The van der Waals surface area contributed by atoms with Gasteiger partial charge in [-0.15, -0.1) is 10.2 Å². The average molecular weight is 635 g/mol. The number of unbranched alkanes of at least 4 members (excludes halogenated alkanes) is 10. The van der Waals surface area contributed by atoms with Crippen molar-refractivity contribution in [3.05, 3.63) is 46.8 Å². The monoisotopic (exact) mass is 634 g/mol. The van der Waals surface area contributed by atoms with Crippen LogP contribution < -0.4 is 10.8 Å². The van der Waals surface area contributed by atoms with Gasteiger partial charge in [-0.05, 0) is 30.9 Å². The van der Waals surface area contributed by atoms with Crippen molar-refractivity contribution < 1.29 is 41.0 Å². The summed E-state index contributed by atoms with van der Waals surface area (Å²) in [5.74, 6) is -6.05. The van der Waals surface area contributed by atoms with Crippen molar-refractivity contribution in [2.75, 3.05) is 6.54 Å². The van der Waals surface area contributed by atoms with E-state index >= 15 is 0 Å². The third kappa shape index (κ3) is 12.8. The predicted octanol–water partition coefficient (Wildman–Crippen LogP) is 5.45. The molecule has 0 radical (unpaired) electrons. The molecular weight excluding hydrogens is 592 g/mol. The number of benzene rings is 1. The maximum atomic E-state index is 13.7. The highest BCUT2D eigenvalue weighted by atomic mass is 19.4. The number of alkyl halides is 3. The fourth-order valence-electron chi connectivity index (χ4n) is 4.94. The van der Waals surface area contributed by atoms with Gasteiger partial charge < -0.3 is 25.1 Å². The van der Waals surface area contributed by atoms with E-state index in [0.717, 1.165) is 17.4 Å². The largest absolute Gasteiger partial charge is 0.550 e. The van der Waals surface area contributed by atoms with Crippen LogP contribution >= 0.6 is 0 Å². The van der Waals surface area contributed by atoms with Crippen LogP contribution in [-0.2, 0) is 35.3 Å². The van der Waals surface area contributed by atoms with E-state index in [1.807, 2.05) is 0 Å². The summed E-state index contributed by atoms with van der Waals surface area (Å²) in [5.41, 5.74) is 5.64. The molecule has 1 aliphatic heterocycles. The summed E-state index contributed by atoms with van der Waals surface area (Å²) in [6.45, 7) is 1.94. The van der Waals surface area contributed by atoms with Gasteiger partial charge in [0.15, 0.2) is 17.5 Å². The third-order valence-corrected chi connectivity index (χ3v) is 7.35. The Morgan fingerprint density at radius 2 is 1.45 bits per heavy atom. The second-order valence-corrected chi connectivity index (χ2v) is 11.1. The Kier molecular flexibility index (Phi) is 15.7. The molecule has 1 aromatic carbocycles. The molecule has 8 nitrogen and oxygen atoms in total. The molecule has 0 saturated carbocycles. The van der Waals surface area contributed by atoms with Crippen LogP contribution in [0.5, 0.6) is 0 Å². The summed E-state index contributed by atoms with van der Waals surface area (Å²) in [6.07, 6.45) is 8.93. The summed E-state index contributed by atoms with van der Waals surface area (Å²) in [7, 11) is 0. The Labute approximate surface area is 254 Å². The number of carboxylic acid groups (broad SMARTS) is 1. The van der Waals surface area contributed by atoms with Gasteiger partial charge in [0.2, 0.25) is 11.7 Å². The van der Waals surface area contributed by atoms with Gasteiger partial charge in [0, 0.05) is 37.6 Å². The number of halogens is 6. The van der Waals surface area contributed by atoms with Crippen LogP contribution in [0.15, 0.2) is 12.1 Å². The van der Waals surface area contributed by atoms with Crippen LogP contribution in [0.2, 0.25) is 0 Å². The lowest BCUT2D eigenvalue weighted by Crippen LogP contribution is -2.42. The van der Waals surface area contributed by atoms with Crippen molar-refractivity contribution in [1.82, 2.24) is 19.7 Å². The van der Waals surface area contributed by atoms with E-state index in [2.05, 4.69) is 17.1 Å². The zero-order valence-electron chi connectivity index (χ0n) is 25.1. The first-order valence-corrected chi connectivity index (χ1v) is 15.2. The summed E-state index contributed by atoms with van der Waals surface area (Å²) < 4.78 is 79.3. The number of nitrogens with zero attached hydrogens (tertiary/aromatic N) is 4. The highest BCUT2D eigenvalue weighted by Gasteiger charge is 2.40. The van der Waals surface area contributed by atoms with Crippen LogP contribution in [0.3, 0.4) is 0 Å². The maximum Gasteiger partial charge on any atom is 0.451 e. The molecule has 44 heavy (non-hydrogen) atoms. The molecule has 1 aromatic heterocycles. The molecule has 0 saturated heterocycles. The minimum atomic E-state index is -4.64. The Morgan fingerprint density at radius 1 is 0.886 bits per heavy atom. The smallest absolute Gasteiger partial charge is 0.451 e. The number of aliphatic carboxylic acids is 1. The number of fused-ring (bicyclic) bond motifs is 1. The maximum absolute atomic E-state index is 13.7. The zero-order valence-corrected chi connectivity index (χ0v) is 25.1. The van der Waals surface area contributed by atoms with Gasteiger partial charge in [-0.1, -0.05) is 71.1 Å². The molecule has 1 atom stereocenters. The van der Waals surface area contributed by atoms with Gasteiger partial charge in [-0.25, -0.2) is 13.2 Å². The van der Waals surface area contributed by atoms with Crippen molar-refractivity contribution >= 4 is 11.9 Å². The number of amides is 1. The fraction of sp³-hybridized carbons (Fsp3) is 0.667. The molecule has 0 unspecified atom stereocenters. The second kappa shape index (κ2) is 18.6. The number of rotatable bonds is 16. The molecule has 0 aliphatic carbocycles. The highest BCUT2D eigenvalue weighted by Crippen LogP contribution is 2.29. The molecule has 14 heteroatoms. The van der Waals surface area contributed by atoms with Gasteiger partial charge in [-0.3, -0.25) is 4.79 Å². The zero-order chi connectivity index (χ0) is 32.7. The minimum absolute atomic E-state index is 0.000783. The van der Waals surface area contributed by atoms with Crippen molar-refractivity contribution in [3.63, 3.8) is 0 Å². The van der Waals surface area contributed by atoms with Gasteiger partial charge in [0.25, 0.3) is 0 Å². The van der Waals surface area contributed by atoms with Crippen LogP contribution in [0.4, 0.5) is 26.3 Å². The van der Waals surface area contributed by atoms with Gasteiger partial charge in [0.05, 0.1) is 6.54 Å². The van der Waals surface area contributed by atoms with E-state index in [0.29, 0.717) is 12.1 Å². The van der Waals surface area contributed by atoms with E-state index in [1.165, 1.54) is 62.7 Å². The molecule has 2 aromatic rings. The molecule has 0 fully saturated rings. The van der Waals surface area contributed by atoms with Crippen molar-refractivity contribution in [2.45, 2.75) is 122 Å². The number of hydrogen-bond donors (Lipinski definition) is 1. The van der Waals surface area contributed by atoms with Crippen LogP contribution in [-0.4, -0.2) is 44.1 Å². The molecular formula is C30H42F6N5O3-. The first-order chi connectivity index (χ1) is 20.8. The molecule has 248 valence electrons. The van der Waals surface area contributed by atoms with Gasteiger partial charge >= 0.3 is 6.18 Å². The molecule has 1 amide bonds. The molecule has 1 aliphatic rings. The molecule has 0 spiro atoms. The number of nitrogens with two attached hydrogens (primary N) is 1. The quantitative estimate of drug-likeness (QED) is 0.149. The van der Waals surface area contributed by atoms with Crippen molar-refractivity contribution in [1.29, 1.82) is 0 Å². The van der Waals surface area contributed by atoms with Crippen molar-refractivity contribution in [2.24, 2.45) is 5.73 Å². The Hall–Kier alpha value is -3.16. The SMILES string of the molecule is CCCCCCCCCCCCCC(=O)[O-].N[C@@H](CC(=O)N1CCn2c(nnc2C(F)(F)F)C1)Cc1cc(F)c(F)cc1F. The Bertz CT molecular complexity index is 1190. The van der Waals surface area contributed by atoms with E-state index in [-0.39, 0.29) is 50.3 Å². The lowest BCUT2D eigenvalue weighted by Gasteiger charge is -2.29. The minimum Gasteiger partial charge on any atom is -0.550 e. The number of aromatic nitrogens is 3. The van der Waals surface area contributed by atoms with Crippen LogP contribution in [0.25, 0.3) is 0 Å². The summed E-state index contributed by atoms with van der Waals surface area (Å²) in [4.78, 5) is 23.8.